The molecule has 1 atom stereocenters. The van der Waals surface area contributed by atoms with Gasteiger partial charge in [-0.2, -0.15) is 0 Å². The number of nitrogens with one attached hydrogen (secondary N) is 1. The molecule has 1 N–H and O–H groups in total. The third kappa shape index (κ3) is 4.27. The Labute approximate surface area is 161 Å². The van der Waals surface area contributed by atoms with Crippen molar-refractivity contribution in [1.29, 1.82) is 0 Å². The summed E-state index contributed by atoms with van der Waals surface area (Å²) in [4.78, 5) is 30.2. The molecule has 8 heteroatoms. The van der Waals surface area contributed by atoms with Crippen LogP contribution in [0.25, 0.3) is 0 Å². The normalized spacial score (nSPS) is 17.0. The van der Waals surface area contributed by atoms with Crippen LogP contribution in [0.5, 0.6) is 0 Å². The Balaban J connectivity index is 1.87. The van der Waals surface area contributed by atoms with Gasteiger partial charge in [0.2, 0.25) is 0 Å². The Morgan fingerprint density at radius 1 is 1.14 bits per heavy atom. The lowest BCUT2D eigenvalue weighted by Gasteiger charge is -2.30. The van der Waals surface area contributed by atoms with Crippen molar-refractivity contribution >= 4 is 17.7 Å². The fraction of sp³-hybridized carbons (Fsp3) is 0.350. The van der Waals surface area contributed by atoms with Crippen molar-refractivity contribution in [2.75, 3.05) is 19.0 Å². The molecular weight excluding hydrogens is 368 g/mol. The number of urea groups is 1. The third-order valence-electron chi connectivity index (χ3n) is 4.81. The lowest BCUT2D eigenvalue weighted by Crippen LogP contribution is -2.38. The van der Waals surface area contributed by atoms with Crippen molar-refractivity contribution in [1.82, 2.24) is 9.88 Å². The molecule has 1 unspecified atom stereocenters. The fourth-order valence-corrected chi connectivity index (χ4v) is 3.38. The lowest BCUT2D eigenvalue weighted by atomic mass is 10.0. The Hall–Kier alpha value is -3.03. The van der Waals surface area contributed by atoms with Gasteiger partial charge in [-0.15, -0.1) is 0 Å². The molecule has 6 nitrogen and oxygen atoms in total. The van der Waals surface area contributed by atoms with Gasteiger partial charge in [-0.1, -0.05) is 12.8 Å². The molecule has 28 heavy (non-hydrogen) atoms. The van der Waals surface area contributed by atoms with Crippen LogP contribution in [0.15, 0.2) is 36.7 Å². The van der Waals surface area contributed by atoms with Crippen molar-refractivity contribution in [2.45, 2.75) is 31.7 Å². The number of methoxy groups -OCH3 is 1. The van der Waals surface area contributed by atoms with Crippen molar-refractivity contribution in [3.8, 4) is 0 Å². The summed E-state index contributed by atoms with van der Waals surface area (Å²) in [5.74, 6) is -2.96. The van der Waals surface area contributed by atoms with Crippen LogP contribution in [-0.2, 0) is 4.74 Å². The van der Waals surface area contributed by atoms with Gasteiger partial charge in [-0.05, 0) is 36.6 Å². The van der Waals surface area contributed by atoms with Gasteiger partial charge in [0.15, 0.2) is 0 Å². The number of esters is 1. The number of rotatable bonds is 3. The summed E-state index contributed by atoms with van der Waals surface area (Å²) < 4.78 is 32.5. The van der Waals surface area contributed by atoms with E-state index in [4.69, 9.17) is 0 Å². The highest BCUT2D eigenvalue weighted by atomic mass is 19.1. The van der Waals surface area contributed by atoms with Crippen molar-refractivity contribution in [3.05, 3.63) is 59.4 Å². The molecule has 1 aliphatic heterocycles. The van der Waals surface area contributed by atoms with Gasteiger partial charge >= 0.3 is 12.0 Å². The summed E-state index contributed by atoms with van der Waals surface area (Å²) in [6, 6.07) is 4.53. The topological polar surface area (TPSA) is 71.5 Å². The number of benzene rings is 1. The minimum Gasteiger partial charge on any atom is -0.465 e. The molecule has 148 valence electrons. The first kappa shape index (κ1) is 19.7. The summed E-state index contributed by atoms with van der Waals surface area (Å²) >= 11 is 0. The number of amides is 2. The quantitative estimate of drug-likeness (QED) is 0.795. The maximum absolute atomic E-state index is 14.2. The van der Waals surface area contributed by atoms with E-state index in [2.05, 4.69) is 15.0 Å². The van der Waals surface area contributed by atoms with Gasteiger partial charge < -0.3 is 15.0 Å². The minimum atomic E-state index is -1.05. The van der Waals surface area contributed by atoms with Crippen LogP contribution in [-0.4, -0.2) is 35.5 Å². The average molecular weight is 389 g/mol. The molecule has 0 aliphatic carbocycles. The zero-order valence-corrected chi connectivity index (χ0v) is 15.5. The van der Waals surface area contributed by atoms with Crippen molar-refractivity contribution < 1.29 is 23.1 Å². The second kappa shape index (κ2) is 8.77. The Bertz CT molecular complexity index is 861. The number of likely N-dealkylation sites (tertiary alicyclic amines) is 1. The molecule has 2 amide bonds. The number of halogens is 2. The second-order valence-corrected chi connectivity index (χ2v) is 6.57. The van der Waals surface area contributed by atoms with E-state index in [0.29, 0.717) is 12.6 Å². The second-order valence-electron chi connectivity index (χ2n) is 6.57. The Morgan fingerprint density at radius 2 is 1.89 bits per heavy atom. The smallest absolute Gasteiger partial charge is 0.340 e. The predicted octanol–water partition coefficient (Wildman–Crippen LogP) is 4.30. The SMILES string of the molecule is COC(=O)c1cc(NC(=O)N2CCCCCC2c2ccncc2)c(F)cc1F. The first-order valence-corrected chi connectivity index (χ1v) is 9.06. The van der Waals surface area contributed by atoms with Gasteiger partial charge in [0.1, 0.15) is 11.6 Å². The molecule has 1 aromatic carbocycles. The molecule has 1 aromatic heterocycles. The molecule has 1 aliphatic rings. The first-order chi connectivity index (χ1) is 13.5. The van der Waals surface area contributed by atoms with E-state index in [1.165, 1.54) is 0 Å². The van der Waals surface area contributed by atoms with E-state index < -0.39 is 29.2 Å². The lowest BCUT2D eigenvalue weighted by molar-refractivity contribution is 0.0595. The van der Waals surface area contributed by atoms with Gasteiger partial charge in [-0.25, -0.2) is 18.4 Å². The molecular formula is C20H21F2N3O3. The van der Waals surface area contributed by atoms with Gasteiger partial charge in [0.05, 0.1) is 24.4 Å². The highest BCUT2D eigenvalue weighted by Gasteiger charge is 2.28. The standard InChI is InChI=1S/C20H21F2N3O3/c1-28-19(26)14-11-17(16(22)12-15(14)21)24-20(27)25-10-4-2-3-5-18(25)13-6-8-23-9-7-13/h6-9,11-12,18H,2-5,10H2,1H3,(H,24,27). The van der Waals surface area contributed by atoms with Crippen LogP contribution in [0.2, 0.25) is 0 Å². The van der Waals surface area contributed by atoms with Crippen LogP contribution < -0.4 is 5.32 Å². The number of ether oxygens (including phenoxy) is 1. The molecule has 2 aromatic rings. The maximum atomic E-state index is 14.2. The monoisotopic (exact) mass is 389 g/mol. The molecule has 1 saturated heterocycles. The van der Waals surface area contributed by atoms with Gasteiger partial charge in [-0.3, -0.25) is 4.98 Å². The van der Waals surface area contributed by atoms with E-state index >= 15 is 0 Å². The molecule has 1 fully saturated rings. The summed E-state index contributed by atoms with van der Waals surface area (Å²) in [6.07, 6.45) is 6.89. The van der Waals surface area contributed by atoms with E-state index in [1.54, 1.807) is 17.3 Å². The summed E-state index contributed by atoms with van der Waals surface area (Å²) in [5, 5.41) is 2.48. The fourth-order valence-electron chi connectivity index (χ4n) is 3.38. The molecule has 3 rings (SSSR count). The summed E-state index contributed by atoms with van der Waals surface area (Å²) in [6.45, 7) is 0.505. The van der Waals surface area contributed by atoms with E-state index in [1.807, 2.05) is 12.1 Å². The molecule has 2 heterocycles. The Morgan fingerprint density at radius 3 is 2.61 bits per heavy atom. The van der Waals surface area contributed by atoms with Crippen LogP contribution >= 0.6 is 0 Å². The first-order valence-electron chi connectivity index (χ1n) is 9.06. The van der Waals surface area contributed by atoms with Crippen molar-refractivity contribution in [2.24, 2.45) is 0 Å². The number of carbonyl (C=O) groups is 2. The van der Waals surface area contributed by atoms with Crippen LogP contribution in [0.4, 0.5) is 19.3 Å². The van der Waals surface area contributed by atoms with Gasteiger partial charge in [0, 0.05) is 25.0 Å². The van der Waals surface area contributed by atoms with Crippen LogP contribution in [0.1, 0.15) is 47.6 Å². The average Bonchev–Trinajstić information content (AvgIpc) is 2.96. The highest BCUT2D eigenvalue weighted by Crippen LogP contribution is 2.31. The van der Waals surface area contributed by atoms with Crippen molar-refractivity contribution in [3.63, 3.8) is 0 Å². The maximum Gasteiger partial charge on any atom is 0.340 e. The van der Waals surface area contributed by atoms with Crippen LogP contribution in [0, 0.1) is 11.6 Å². The predicted molar refractivity (Wildman–Crippen MR) is 98.9 cm³/mol. The van der Waals surface area contributed by atoms with Crippen LogP contribution in [0.3, 0.4) is 0 Å². The Kier molecular flexibility index (Phi) is 6.18. The third-order valence-corrected chi connectivity index (χ3v) is 4.81. The molecule has 0 bridgehead atoms. The van der Waals surface area contributed by atoms with E-state index in [-0.39, 0.29) is 11.7 Å². The molecule has 0 spiro atoms. The number of nitrogens with zero attached hydrogens (tertiary/aromatic N) is 2. The summed E-state index contributed by atoms with van der Waals surface area (Å²) in [7, 11) is 1.10. The van der Waals surface area contributed by atoms with Gasteiger partial charge in [0.25, 0.3) is 0 Å². The molecule has 0 radical (unpaired) electrons. The zero-order valence-electron chi connectivity index (χ0n) is 15.5. The highest BCUT2D eigenvalue weighted by molar-refractivity contribution is 5.94. The van der Waals surface area contributed by atoms with E-state index in [0.717, 1.165) is 44.4 Å². The number of carbonyl (C=O) groups excluding carboxylic acids is 2. The molecule has 0 saturated carbocycles. The number of aromatic nitrogens is 1. The number of hydrogen-bond donors (Lipinski definition) is 1. The minimum absolute atomic E-state index is 0.172. The summed E-state index contributed by atoms with van der Waals surface area (Å²) in [5.41, 5.74) is 0.229. The zero-order chi connectivity index (χ0) is 20.1. The number of anilines is 1. The number of pyridine rings is 1. The number of hydrogen-bond acceptors (Lipinski definition) is 4. The van der Waals surface area contributed by atoms with E-state index in [9.17, 15) is 18.4 Å². The largest absolute Gasteiger partial charge is 0.465 e.